The molecule has 0 saturated carbocycles. The van der Waals surface area contributed by atoms with E-state index in [-0.39, 0.29) is 0 Å². The summed E-state index contributed by atoms with van der Waals surface area (Å²) in [7, 11) is 0. The van der Waals surface area contributed by atoms with Crippen molar-refractivity contribution in [2.45, 2.75) is 11.7 Å². The van der Waals surface area contributed by atoms with E-state index >= 15 is 0 Å². The van der Waals surface area contributed by atoms with Crippen LogP contribution in [0.25, 0.3) is 33.0 Å². The molecule has 0 nitrogen and oxygen atoms in total. The van der Waals surface area contributed by atoms with E-state index in [1.165, 1.54) is 38.6 Å². The molecule has 0 spiro atoms. The molecule has 1 unspecified atom stereocenters. The molecule has 130 valence electrons. The summed E-state index contributed by atoms with van der Waals surface area (Å²) in [5.41, 5.74) is 6.69. The van der Waals surface area contributed by atoms with Crippen LogP contribution in [0.3, 0.4) is 0 Å². The third-order valence-electron chi connectivity index (χ3n) is 5.27. The van der Waals surface area contributed by atoms with Gasteiger partial charge in [-0.1, -0.05) is 91.0 Å². The fraction of sp³-hybridized carbons (Fsp3) is 0.0769. The molecule has 0 aromatic heterocycles. The zero-order valence-electron chi connectivity index (χ0n) is 15.0. The summed E-state index contributed by atoms with van der Waals surface area (Å²) in [6.07, 6.45) is 3.39. The topological polar surface area (TPSA) is 0 Å². The SMILES string of the molecule is C1=CSC(c2cc(-c3ccccc3)ccc2-c2cccc3ccccc23)C1. The molecule has 0 N–H and O–H groups in total. The van der Waals surface area contributed by atoms with Crippen molar-refractivity contribution in [1.29, 1.82) is 0 Å². The highest BCUT2D eigenvalue weighted by Crippen LogP contribution is 2.45. The van der Waals surface area contributed by atoms with Gasteiger partial charge in [0, 0.05) is 5.25 Å². The second-order valence-electron chi connectivity index (χ2n) is 6.93. The maximum absolute atomic E-state index is 2.40. The van der Waals surface area contributed by atoms with Crippen LogP contribution in [0, 0.1) is 0 Å². The molecule has 1 heteroatoms. The Balaban J connectivity index is 1.72. The molecular weight excluding hydrogens is 344 g/mol. The number of fused-ring (bicyclic) bond motifs is 1. The van der Waals surface area contributed by atoms with E-state index in [4.69, 9.17) is 0 Å². The van der Waals surface area contributed by atoms with Crippen molar-refractivity contribution >= 4 is 22.5 Å². The van der Waals surface area contributed by atoms with Gasteiger partial charge >= 0.3 is 0 Å². The fourth-order valence-corrected chi connectivity index (χ4v) is 4.91. The number of thioether (sulfide) groups is 1. The number of hydrogen-bond acceptors (Lipinski definition) is 1. The minimum absolute atomic E-state index is 0.489. The van der Waals surface area contributed by atoms with Gasteiger partial charge in [0.25, 0.3) is 0 Å². The zero-order valence-corrected chi connectivity index (χ0v) is 15.8. The van der Waals surface area contributed by atoms with Gasteiger partial charge in [0.05, 0.1) is 0 Å². The summed E-state index contributed by atoms with van der Waals surface area (Å²) in [4.78, 5) is 0. The fourth-order valence-electron chi connectivity index (χ4n) is 3.93. The van der Waals surface area contributed by atoms with Crippen LogP contribution in [0.4, 0.5) is 0 Å². The Labute approximate surface area is 164 Å². The van der Waals surface area contributed by atoms with E-state index in [9.17, 15) is 0 Å². The average molecular weight is 365 g/mol. The van der Waals surface area contributed by atoms with Gasteiger partial charge in [-0.15, -0.1) is 11.8 Å². The van der Waals surface area contributed by atoms with Gasteiger partial charge in [-0.3, -0.25) is 0 Å². The van der Waals surface area contributed by atoms with E-state index < -0.39 is 0 Å². The van der Waals surface area contributed by atoms with Crippen molar-refractivity contribution in [2.24, 2.45) is 0 Å². The molecule has 1 atom stereocenters. The van der Waals surface area contributed by atoms with Crippen molar-refractivity contribution < 1.29 is 0 Å². The van der Waals surface area contributed by atoms with E-state index in [1.54, 1.807) is 0 Å². The Morgan fingerprint density at radius 3 is 2.33 bits per heavy atom. The van der Waals surface area contributed by atoms with E-state index in [0.717, 1.165) is 6.42 Å². The van der Waals surface area contributed by atoms with E-state index in [1.807, 2.05) is 11.8 Å². The third kappa shape index (κ3) is 3.09. The Hall–Kier alpha value is -2.77. The molecule has 0 amide bonds. The molecule has 0 radical (unpaired) electrons. The van der Waals surface area contributed by atoms with Crippen molar-refractivity contribution in [2.75, 3.05) is 0 Å². The zero-order chi connectivity index (χ0) is 18.1. The van der Waals surface area contributed by atoms with Gasteiger partial charge in [0.1, 0.15) is 0 Å². The smallest absolute Gasteiger partial charge is 0.0379 e. The summed E-state index contributed by atoms with van der Waals surface area (Å²) < 4.78 is 0. The Morgan fingerprint density at radius 2 is 1.48 bits per heavy atom. The average Bonchev–Trinajstić information content (AvgIpc) is 3.28. The standard InChI is InChI=1S/C26H20S/c1-2-8-19(9-3-1)21-15-16-24(25(18-21)26-14-7-17-27-26)23-13-6-11-20-10-4-5-12-22(20)23/h1-13,15-18,26H,14H2. The number of rotatable bonds is 3. The molecule has 5 rings (SSSR count). The van der Waals surface area contributed by atoms with Crippen LogP contribution in [0.1, 0.15) is 17.2 Å². The lowest BCUT2D eigenvalue weighted by molar-refractivity contribution is 0.993. The van der Waals surface area contributed by atoms with Crippen molar-refractivity contribution in [3.63, 3.8) is 0 Å². The lowest BCUT2D eigenvalue weighted by atomic mass is 9.90. The first kappa shape index (κ1) is 16.4. The molecule has 0 bridgehead atoms. The molecule has 1 aliphatic rings. The monoisotopic (exact) mass is 364 g/mol. The predicted octanol–water partition coefficient (Wildman–Crippen LogP) is 7.87. The molecule has 4 aromatic carbocycles. The van der Waals surface area contributed by atoms with Crippen LogP contribution in [0.2, 0.25) is 0 Å². The Bertz CT molecular complexity index is 1110. The molecular formula is C26H20S. The summed E-state index contributed by atoms with van der Waals surface area (Å²) >= 11 is 1.93. The van der Waals surface area contributed by atoms with Gasteiger partial charge in [-0.25, -0.2) is 0 Å². The highest BCUT2D eigenvalue weighted by atomic mass is 32.2. The summed E-state index contributed by atoms with van der Waals surface area (Å²) in [6, 6.07) is 33.0. The summed E-state index contributed by atoms with van der Waals surface area (Å²) in [5.74, 6) is 0. The molecule has 0 aliphatic carbocycles. The molecule has 27 heavy (non-hydrogen) atoms. The second-order valence-corrected chi connectivity index (χ2v) is 8.04. The summed E-state index contributed by atoms with van der Waals surface area (Å²) in [6.45, 7) is 0. The second kappa shape index (κ2) is 7.09. The van der Waals surface area contributed by atoms with Gasteiger partial charge in [0.15, 0.2) is 0 Å². The van der Waals surface area contributed by atoms with Gasteiger partial charge in [0.2, 0.25) is 0 Å². The first-order chi connectivity index (χ1) is 13.4. The van der Waals surface area contributed by atoms with Gasteiger partial charge in [-0.05, 0) is 56.5 Å². The third-order valence-corrected chi connectivity index (χ3v) is 6.40. The normalized spacial score (nSPS) is 16.1. The number of benzene rings is 4. The van der Waals surface area contributed by atoms with Crippen LogP contribution in [-0.2, 0) is 0 Å². The maximum Gasteiger partial charge on any atom is 0.0379 e. The molecule has 0 fully saturated rings. The van der Waals surface area contributed by atoms with Crippen molar-refractivity contribution in [3.05, 3.63) is 108 Å². The largest absolute Gasteiger partial charge is 0.126 e. The molecule has 0 saturated heterocycles. The van der Waals surface area contributed by atoms with Crippen LogP contribution in [-0.4, -0.2) is 0 Å². The van der Waals surface area contributed by atoms with Crippen molar-refractivity contribution in [1.82, 2.24) is 0 Å². The van der Waals surface area contributed by atoms with E-state index in [0.29, 0.717) is 5.25 Å². The van der Waals surface area contributed by atoms with Gasteiger partial charge < -0.3 is 0 Å². The van der Waals surface area contributed by atoms with E-state index in [2.05, 4.69) is 102 Å². The van der Waals surface area contributed by atoms with Crippen LogP contribution in [0.5, 0.6) is 0 Å². The van der Waals surface area contributed by atoms with Gasteiger partial charge in [-0.2, -0.15) is 0 Å². The Morgan fingerprint density at radius 1 is 0.667 bits per heavy atom. The molecule has 1 heterocycles. The molecule has 4 aromatic rings. The maximum atomic E-state index is 2.40. The van der Waals surface area contributed by atoms with Crippen molar-refractivity contribution in [3.8, 4) is 22.3 Å². The first-order valence-corrected chi connectivity index (χ1v) is 10.3. The van der Waals surface area contributed by atoms with Crippen LogP contribution in [0.15, 0.2) is 102 Å². The lowest BCUT2D eigenvalue weighted by Crippen LogP contribution is -1.95. The minimum atomic E-state index is 0.489. The highest BCUT2D eigenvalue weighted by Gasteiger charge is 2.20. The number of hydrogen-bond donors (Lipinski definition) is 0. The minimum Gasteiger partial charge on any atom is -0.126 e. The first-order valence-electron chi connectivity index (χ1n) is 9.38. The molecule has 1 aliphatic heterocycles. The number of allylic oxidation sites excluding steroid dienone is 1. The quantitative estimate of drug-likeness (QED) is 0.356. The predicted molar refractivity (Wildman–Crippen MR) is 119 cm³/mol. The van der Waals surface area contributed by atoms with Crippen LogP contribution < -0.4 is 0 Å². The Kier molecular flexibility index (Phi) is 4.31. The summed E-state index contributed by atoms with van der Waals surface area (Å²) in [5, 5.41) is 5.35. The van der Waals surface area contributed by atoms with Crippen LogP contribution >= 0.6 is 11.8 Å². The highest BCUT2D eigenvalue weighted by molar-refractivity contribution is 8.02. The lowest BCUT2D eigenvalue weighted by Gasteiger charge is -2.18.